The highest BCUT2D eigenvalue weighted by molar-refractivity contribution is 6.30. The number of nitrogens with zero attached hydrogens (tertiary/aromatic N) is 1. The molecule has 0 atom stereocenters. The number of anilines is 2. The summed E-state index contributed by atoms with van der Waals surface area (Å²) < 4.78 is 13.8. The van der Waals surface area contributed by atoms with E-state index in [9.17, 15) is 9.18 Å². The van der Waals surface area contributed by atoms with Crippen molar-refractivity contribution in [2.45, 2.75) is 19.3 Å². The summed E-state index contributed by atoms with van der Waals surface area (Å²) in [6.07, 6.45) is 3.72. The van der Waals surface area contributed by atoms with Gasteiger partial charge in [-0.1, -0.05) is 11.6 Å². The van der Waals surface area contributed by atoms with Crippen molar-refractivity contribution >= 4 is 28.9 Å². The van der Waals surface area contributed by atoms with Gasteiger partial charge in [-0.2, -0.15) is 0 Å². The first-order valence-corrected chi connectivity index (χ1v) is 8.13. The summed E-state index contributed by atoms with van der Waals surface area (Å²) in [5.41, 5.74) is 1.78. The van der Waals surface area contributed by atoms with E-state index >= 15 is 0 Å². The van der Waals surface area contributed by atoms with Gasteiger partial charge < -0.3 is 10.2 Å². The molecule has 1 saturated heterocycles. The highest BCUT2D eigenvalue weighted by Gasteiger charge is 2.13. The van der Waals surface area contributed by atoms with Gasteiger partial charge in [0, 0.05) is 29.5 Å². The molecule has 2 aromatic carbocycles. The molecule has 2 aromatic rings. The maximum absolute atomic E-state index is 13.8. The summed E-state index contributed by atoms with van der Waals surface area (Å²) in [6, 6.07) is 11.7. The van der Waals surface area contributed by atoms with Crippen LogP contribution in [0.2, 0.25) is 5.02 Å². The third-order valence-electron chi connectivity index (χ3n) is 4.02. The first kappa shape index (κ1) is 15.8. The number of piperidine rings is 1. The number of carbonyl (C=O) groups excluding carboxylic acids is 1. The molecule has 1 heterocycles. The fourth-order valence-electron chi connectivity index (χ4n) is 2.78. The van der Waals surface area contributed by atoms with E-state index in [1.54, 1.807) is 0 Å². The summed E-state index contributed by atoms with van der Waals surface area (Å²) in [4.78, 5) is 14.5. The second kappa shape index (κ2) is 7.01. The molecule has 0 bridgehead atoms. The molecule has 5 heteroatoms. The van der Waals surface area contributed by atoms with Gasteiger partial charge in [0.05, 0.1) is 5.56 Å². The molecule has 3 rings (SSSR count). The van der Waals surface area contributed by atoms with E-state index in [0.717, 1.165) is 24.8 Å². The van der Waals surface area contributed by atoms with Crippen molar-refractivity contribution in [3.8, 4) is 0 Å². The van der Waals surface area contributed by atoms with Crippen LogP contribution in [0.4, 0.5) is 15.8 Å². The molecule has 1 amide bonds. The van der Waals surface area contributed by atoms with E-state index in [1.807, 2.05) is 24.3 Å². The molecule has 0 aliphatic carbocycles. The van der Waals surface area contributed by atoms with Crippen molar-refractivity contribution in [1.29, 1.82) is 0 Å². The van der Waals surface area contributed by atoms with Crippen LogP contribution < -0.4 is 10.2 Å². The van der Waals surface area contributed by atoms with Gasteiger partial charge in [0.1, 0.15) is 5.82 Å². The van der Waals surface area contributed by atoms with Crippen molar-refractivity contribution in [1.82, 2.24) is 0 Å². The van der Waals surface area contributed by atoms with Gasteiger partial charge in [0.2, 0.25) is 0 Å². The number of amides is 1. The molecule has 120 valence electrons. The highest BCUT2D eigenvalue weighted by atomic mass is 35.5. The van der Waals surface area contributed by atoms with Crippen molar-refractivity contribution in [2.75, 3.05) is 23.3 Å². The summed E-state index contributed by atoms with van der Waals surface area (Å²) >= 11 is 5.70. The molecule has 1 N–H and O–H groups in total. The van der Waals surface area contributed by atoms with Gasteiger partial charge in [-0.25, -0.2) is 4.39 Å². The van der Waals surface area contributed by atoms with Crippen LogP contribution in [0.25, 0.3) is 0 Å². The molecule has 23 heavy (non-hydrogen) atoms. The van der Waals surface area contributed by atoms with Crippen LogP contribution in [0.15, 0.2) is 42.5 Å². The first-order valence-electron chi connectivity index (χ1n) is 7.75. The third kappa shape index (κ3) is 3.82. The Morgan fingerprint density at radius 1 is 1.04 bits per heavy atom. The quantitative estimate of drug-likeness (QED) is 0.882. The second-order valence-electron chi connectivity index (χ2n) is 5.67. The molecular formula is C18H18ClFN2O. The zero-order valence-electron chi connectivity index (χ0n) is 12.7. The molecular weight excluding hydrogens is 315 g/mol. The van der Waals surface area contributed by atoms with Crippen LogP contribution in [0.5, 0.6) is 0 Å². The van der Waals surface area contributed by atoms with E-state index in [-0.39, 0.29) is 10.6 Å². The van der Waals surface area contributed by atoms with Crippen molar-refractivity contribution in [2.24, 2.45) is 0 Å². The van der Waals surface area contributed by atoms with E-state index in [4.69, 9.17) is 11.6 Å². The summed E-state index contributed by atoms with van der Waals surface area (Å²) in [5, 5.41) is 2.98. The Morgan fingerprint density at radius 2 is 1.74 bits per heavy atom. The molecule has 0 saturated carbocycles. The van der Waals surface area contributed by atoms with Crippen molar-refractivity contribution < 1.29 is 9.18 Å². The Bertz CT molecular complexity index is 697. The average Bonchev–Trinajstić information content (AvgIpc) is 2.56. The highest BCUT2D eigenvalue weighted by Crippen LogP contribution is 2.22. The molecule has 1 aliphatic heterocycles. The monoisotopic (exact) mass is 332 g/mol. The van der Waals surface area contributed by atoms with Crippen LogP contribution in [-0.2, 0) is 0 Å². The molecule has 0 radical (unpaired) electrons. The van der Waals surface area contributed by atoms with Crippen LogP contribution in [0.1, 0.15) is 29.6 Å². The number of nitrogens with one attached hydrogen (secondary N) is 1. The number of hydrogen-bond donors (Lipinski definition) is 1. The fourth-order valence-corrected chi connectivity index (χ4v) is 2.94. The molecule has 0 spiro atoms. The first-order chi connectivity index (χ1) is 11.1. The predicted molar refractivity (Wildman–Crippen MR) is 91.9 cm³/mol. The lowest BCUT2D eigenvalue weighted by Crippen LogP contribution is -2.29. The SMILES string of the molecule is O=C(Nc1ccc(N2CCCCC2)cc1)c1ccc(Cl)cc1F. The lowest BCUT2D eigenvalue weighted by molar-refractivity contribution is 0.102. The topological polar surface area (TPSA) is 32.3 Å². The maximum Gasteiger partial charge on any atom is 0.258 e. The van der Waals surface area contributed by atoms with Gasteiger partial charge in [0.15, 0.2) is 0 Å². The average molecular weight is 333 g/mol. The molecule has 0 unspecified atom stereocenters. The van der Waals surface area contributed by atoms with Gasteiger partial charge >= 0.3 is 0 Å². The molecule has 1 aliphatic rings. The second-order valence-corrected chi connectivity index (χ2v) is 6.11. The Labute approximate surface area is 140 Å². The minimum absolute atomic E-state index is 0.0190. The van der Waals surface area contributed by atoms with Crippen molar-refractivity contribution in [3.05, 3.63) is 58.9 Å². The molecule has 3 nitrogen and oxygen atoms in total. The van der Waals surface area contributed by atoms with Crippen LogP contribution in [0, 0.1) is 5.82 Å². The zero-order valence-corrected chi connectivity index (χ0v) is 13.4. The zero-order chi connectivity index (χ0) is 16.2. The summed E-state index contributed by atoms with van der Waals surface area (Å²) in [7, 11) is 0. The summed E-state index contributed by atoms with van der Waals surface area (Å²) in [6.45, 7) is 2.14. The normalized spacial score (nSPS) is 14.6. The largest absolute Gasteiger partial charge is 0.372 e. The number of carbonyl (C=O) groups is 1. The number of hydrogen-bond acceptors (Lipinski definition) is 2. The minimum Gasteiger partial charge on any atom is -0.372 e. The Morgan fingerprint density at radius 3 is 2.39 bits per heavy atom. The smallest absolute Gasteiger partial charge is 0.258 e. The van der Waals surface area contributed by atoms with Crippen LogP contribution in [0.3, 0.4) is 0 Å². The maximum atomic E-state index is 13.8. The standard InChI is InChI=1S/C18H18ClFN2O/c19-13-4-9-16(17(20)12-13)18(23)21-14-5-7-15(8-6-14)22-10-2-1-3-11-22/h4-9,12H,1-3,10-11H2,(H,21,23). The lowest BCUT2D eigenvalue weighted by atomic mass is 10.1. The fraction of sp³-hybridized carbons (Fsp3) is 0.278. The third-order valence-corrected chi connectivity index (χ3v) is 4.26. The van der Waals surface area contributed by atoms with E-state index < -0.39 is 11.7 Å². The Balaban J connectivity index is 1.69. The van der Waals surface area contributed by atoms with Gasteiger partial charge in [-0.15, -0.1) is 0 Å². The van der Waals surface area contributed by atoms with E-state index in [2.05, 4.69) is 10.2 Å². The lowest BCUT2D eigenvalue weighted by Gasteiger charge is -2.28. The van der Waals surface area contributed by atoms with Crippen molar-refractivity contribution in [3.63, 3.8) is 0 Å². The molecule has 1 fully saturated rings. The number of benzene rings is 2. The number of rotatable bonds is 3. The van der Waals surface area contributed by atoms with Gasteiger partial charge in [0.25, 0.3) is 5.91 Å². The van der Waals surface area contributed by atoms with Gasteiger partial charge in [-0.05, 0) is 61.7 Å². The van der Waals surface area contributed by atoms with Gasteiger partial charge in [-0.3, -0.25) is 4.79 Å². The number of halogens is 2. The van der Waals surface area contributed by atoms with E-state index in [1.165, 1.54) is 31.4 Å². The minimum atomic E-state index is -0.625. The Kier molecular flexibility index (Phi) is 4.82. The Hall–Kier alpha value is -2.07. The summed E-state index contributed by atoms with van der Waals surface area (Å²) in [5.74, 6) is -1.11. The van der Waals surface area contributed by atoms with Crippen LogP contribution in [-0.4, -0.2) is 19.0 Å². The predicted octanol–water partition coefficient (Wildman–Crippen LogP) is 4.72. The van der Waals surface area contributed by atoms with E-state index in [0.29, 0.717) is 5.69 Å². The van der Waals surface area contributed by atoms with Crippen LogP contribution >= 0.6 is 11.6 Å². The molecule has 0 aromatic heterocycles.